The fraction of sp³-hybridized carbons (Fsp3) is 0.778. The molecule has 0 aliphatic heterocycles. The van der Waals surface area contributed by atoms with Gasteiger partial charge in [0.25, 0.3) is 0 Å². The molecule has 0 aromatic carbocycles. The smallest absolute Gasteiger partial charge is 0.320 e. The molecule has 0 radical (unpaired) electrons. The summed E-state index contributed by atoms with van der Waals surface area (Å²) in [6.07, 6.45) is 3.42. The molecule has 0 heterocycles. The first-order valence-corrected chi connectivity index (χ1v) is 4.64. The van der Waals surface area contributed by atoms with E-state index < -0.39 is 12.0 Å². The Morgan fingerprint density at radius 1 is 1.62 bits per heavy atom. The lowest BCUT2D eigenvalue weighted by atomic mass is 9.93. The molecule has 0 unspecified atom stereocenters. The predicted octanol–water partition coefficient (Wildman–Crippen LogP) is 1.01. The first-order chi connectivity index (χ1) is 6.09. The largest absolute Gasteiger partial charge is 0.480 e. The average molecular weight is 184 g/mol. The molecule has 4 heteroatoms. The molecule has 1 aliphatic rings. The zero-order chi connectivity index (χ0) is 9.84. The molecule has 4 nitrogen and oxygen atoms in total. The van der Waals surface area contributed by atoms with Gasteiger partial charge in [-0.15, -0.1) is 0 Å². The van der Waals surface area contributed by atoms with Crippen molar-refractivity contribution in [2.24, 2.45) is 0 Å². The van der Waals surface area contributed by atoms with Crippen LogP contribution in [-0.2, 0) is 4.79 Å². The van der Waals surface area contributed by atoms with Crippen LogP contribution in [0.1, 0.15) is 32.6 Å². The summed E-state index contributed by atoms with van der Waals surface area (Å²) in [4.78, 5) is 10.5. The minimum Gasteiger partial charge on any atom is -0.480 e. The molecule has 1 rings (SSSR count). The topological polar surface area (TPSA) is 73.2 Å². The third-order valence-electron chi connectivity index (χ3n) is 2.45. The molecule has 1 aliphatic carbocycles. The summed E-state index contributed by atoms with van der Waals surface area (Å²) in [6.45, 7) is 1.66. The van der Waals surface area contributed by atoms with Crippen LogP contribution in [0.5, 0.6) is 0 Å². The van der Waals surface area contributed by atoms with Crippen LogP contribution in [0.25, 0.3) is 0 Å². The first-order valence-electron chi connectivity index (χ1n) is 4.64. The summed E-state index contributed by atoms with van der Waals surface area (Å²) in [5.41, 5.74) is 0.793. The number of carboxylic acid groups (broad SMARTS) is 1. The summed E-state index contributed by atoms with van der Waals surface area (Å²) in [5, 5.41) is 19.1. The Labute approximate surface area is 77.8 Å². The number of carboxylic acids is 1. The SMILES string of the molecule is C[C@H](NC1CCC(=N)CC1)C(=O)O. The van der Waals surface area contributed by atoms with Gasteiger partial charge in [0, 0.05) is 11.8 Å². The average Bonchev–Trinajstić information content (AvgIpc) is 2.08. The van der Waals surface area contributed by atoms with Crippen molar-refractivity contribution in [1.29, 1.82) is 5.41 Å². The van der Waals surface area contributed by atoms with E-state index in [4.69, 9.17) is 10.5 Å². The number of carbonyl (C=O) groups is 1. The fourth-order valence-electron chi connectivity index (χ4n) is 1.56. The quantitative estimate of drug-likeness (QED) is 0.613. The molecular weight excluding hydrogens is 168 g/mol. The Kier molecular flexibility index (Phi) is 3.42. The van der Waals surface area contributed by atoms with Gasteiger partial charge in [-0.05, 0) is 32.6 Å². The second kappa shape index (κ2) is 4.37. The highest BCUT2D eigenvalue weighted by molar-refractivity contribution is 5.82. The standard InChI is InChI=1S/C9H16N2O2/c1-6(9(12)13)11-8-4-2-7(10)3-5-8/h6,8,10-11H,2-5H2,1H3,(H,12,13)/t6-,8?/m0/s1. The van der Waals surface area contributed by atoms with Crippen LogP contribution < -0.4 is 5.32 Å². The summed E-state index contributed by atoms with van der Waals surface area (Å²) >= 11 is 0. The number of rotatable bonds is 3. The van der Waals surface area contributed by atoms with Crippen molar-refractivity contribution in [1.82, 2.24) is 5.32 Å². The van der Waals surface area contributed by atoms with E-state index in [9.17, 15) is 4.79 Å². The van der Waals surface area contributed by atoms with Crippen molar-refractivity contribution >= 4 is 11.7 Å². The number of nitrogens with one attached hydrogen (secondary N) is 2. The van der Waals surface area contributed by atoms with Crippen molar-refractivity contribution in [2.75, 3.05) is 0 Å². The second-order valence-corrected chi connectivity index (χ2v) is 3.60. The first kappa shape index (κ1) is 10.2. The summed E-state index contributed by atoms with van der Waals surface area (Å²) in [6, 6.07) is -0.197. The Morgan fingerprint density at radius 2 is 2.15 bits per heavy atom. The molecule has 0 saturated heterocycles. The van der Waals surface area contributed by atoms with Crippen molar-refractivity contribution in [3.63, 3.8) is 0 Å². The number of aliphatic carboxylic acids is 1. The van der Waals surface area contributed by atoms with E-state index in [1.165, 1.54) is 0 Å². The third-order valence-corrected chi connectivity index (χ3v) is 2.45. The molecule has 1 atom stereocenters. The molecular formula is C9H16N2O2. The summed E-state index contributed by atoms with van der Waals surface area (Å²) in [7, 11) is 0. The van der Waals surface area contributed by atoms with Gasteiger partial charge in [0.2, 0.25) is 0 Å². The van der Waals surface area contributed by atoms with Gasteiger partial charge in [-0.25, -0.2) is 0 Å². The van der Waals surface area contributed by atoms with E-state index in [0.29, 0.717) is 0 Å². The Bertz CT molecular complexity index is 206. The van der Waals surface area contributed by atoms with Gasteiger partial charge < -0.3 is 15.8 Å². The van der Waals surface area contributed by atoms with Gasteiger partial charge in [0.05, 0.1) is 0 Å². The van der Waals surface area contributed by atoms with Gasteiger partial charge in [-0.3, -0.25) is 4.79 Å². The Hall–Kier alpha value is -0.900. The second-order valence-electron chi connectivity index (χ2n) is 3.60. The van der Waals surface area contributed by atoms with Crippen LogP contribution in [-0.4, -0.2) is 28.9 Å². The minimum absolute atomic E-state index is 0.278. The van der Waals surface area contributed by atoms with E-state index in [-0.39, 0.29) is 6.04 Å². The van der Waals surface area contributed by atoms with Crippen LogP contribution in [0.4, 0.5) is 0 Å². The molecule has 0 spiro atoms. The molecule has 74 valence electrons. The van der Waals surface area contributed by atoms with Gasteiger partial charge in [-0.2, -0.15) is 0 Å². The highest BCUT2D eigenvalue weighted by Gasteiger charge is 2.20. The normalized spacial score (nSPS) is 25.6. The highest BCUT2D eigenvalue weighted by atomic mass is 16.4. The molecule has 0 aromatic heterocycles. The van der Waals surface area contributed by atoms with Gasteiger partial charge in [0.15, 0.2) is 0 Å². The summed E-state index contributed by atoms with van der Waals surface area (Å²) in [5.74, 6) is -0.805. The molecule has 13 heavy (non-hydrogen) atoms. The van der Waals surface area contributed by atoms with Gasteiger partial charge in [-0.1, -0.05) is 0 Å². The molecule has 1 saturated carbocycles. The Morgan fingerprint density at radius 3 is 2.62 bits per heavy atom. The maximum absolute atomic E-state index is 10.5. The van der Waals surface area contributed by atoms with Crippen LogP contribution in [0.3, 0.4) is 0 Å². The maximum Gasteiger partial charge on any atom is 0.320 e. The van der Waals surface area contributed by atoms with E-state index in [2.05, 4.69) is 5.32 Å². The summed E-state index contributed by atoms with van der Waals surface area (Å²) < 4.78 is 0. The lowest BCUT2D eigenvalue weighted by molar-refractivity contribution is -0.139. The fourth-order valence-corrected chi connectivity index (χ4v) is 1.56. The number of hydrogen-bond acceptors (Lipinski definition) is 3. The zero-order valence-electron chi connectivity index (χ0n) is 7.84. The Balaban J connectivity index is 2.30. The van der Waals surface area contributed by atoms with Crippen molar-refractivity contribution in [3.05, 3.63) is 0 Å². The van der Waals surface area contributed by atoms with E-state index in [1.807, 2.05) is 0 Å². The molecule has 0 amide bonds. The molecule has 3 N–H and O–H groups in total. The zero-order valence-corrected chi connectivity index (χ0v) is 7.84. The van der Waals surface area contributed by atoms with E-state index >= 15 is 0 Å². The molecule has 0 bridgehead atoms. The highest BCUT2D eigenvalue weighted by Crippen LogP contribution is 2.15. The molecule has 0 aromatic rings. The lowest BCUT2D eigenvalue weighted by Gasteiger charge is -2.25. The lowest BCUT2D eigenvalue weighted by Crippen LogP contribution is -2.43. The van der Waals surface area contributed by atoms with Crippen LogP contribution in [0.2, 0.25) is 0 Å². The van der Waals surface area contributed by atoms with Crippen LogP contribution in [0, 0.1) is 5.41 Å². The molecule has 1 fully saturated rings. The van der Waals surface area contributed by atoms with Gasteiger partial charge in [0.1, 0.15) is 6.04 Å². The third kappa shape index (κ3) is 3.14. The monoisotopic (exact) mass is 184 g/mol. The van der Waals surface area contributed by atoms with Crippen molar-refractivity contribution < 1.29 is 9.90 Å². The van der Waals surface area contributed by atoms with Crippen molar-refractivity contribution in [3.8, 4) is 0 Å². The van der Waals surface area contributed by atoms with Gasteiger partial charge >= 0.3 is 5.97 Å². The number of hydrogen-bond donors (Lipinski definition) is 3. The minimum atomic E-state index is -0.805. The van der Waals surface area contributed by atoms with E-state index in [0.717, 1.165) is 31.4 Å². The maximum atomic E-state index is 10.5. The van der Waals surface area contributed by atoms with Crippen LogP contribution in [0.15, 0.2) is 0 Å². The predicted molar refractivity (Wildman–Crippen MR) is 50.2 cm³/mol. The van der Waals surface area contributed by atoms with Crippen LogP contribution >= 0.6 is 0 Å². The van der Waals surface area contributed by atoms with E-state index in [1.54, 1.807) is 6.92 Å². The van der Waals surface area contributed by atoms with Crippen molar-refractivity contribution in [2.45, 2.75) is 44.7 Å².